The first-order chi connectivity index (χ1) is 11.5. The van der Waals surface area contributed by atoms with Gasteiger partial charge in [-0.25, -0.2) is 4.98 Å². The molecule has 0 aliphatic carbocycles. The third-order valence-corrected chi connectivity index (χ3v) is 4.75. The van der Waals surface area contributed by atoms with Gasteiger partial charge in [-0.1, -0.05) is 0 Å². The molecule has 2 amide bonds. The van der Waals surface area contributed by atoms with Crippen LogP contribution in [0.2, 0.25) is 0 Å². The van der Waals surface area contributed by atoms with Gasteiger partial charge in [0.1, 0.15) is 5.69 Å². The van der Waals surface area contributed by atoms with Gasteiger partial charge >= 0.3 is 0 Å². The van der Waals surface area contributed by atoms with E-state index in [4.69, 9.17) is 0 Å². The number of hydrogen-bond acceptors (Lipinski definition) is 5. The average molecular weight is 346 g/mol. The van der Waals surface area contributed by atoms with Gasteiger partial charge in [0.25, 0.3) is 5.91 Å². The zero-order chi connectivity index (χ0) is 17.1. The van der Waals surface area contributed by atoms with Gasteiger partial charge in [0.15, 0.2) is 10.9 Å². The number of likely N-dealkylation sites (tertiary alicyclic amines) is 1. The van der Waals surface area contributed by atoms with Gasteiger partial charge in [-0.15, -0.1) is 11.3 Å². The molecule has 1 atom stereocenters. The molecule has 0 saturated carbocycles. The number of amides is 2. The minimum absolute atomic E-state index is 0.0929. The highest BCUT2D eigenvalue weighted by Gasteiger charge is 2.29. The number of ketones is 1. The quantitative estimate of drug-likeness (QED) is 0.829. The number of anilines is 1. The van der Waals surface area contributed by atoms with Crippen molar-refractivity contribution in [1.29, 1.82) is 0 Å². The molecule has 1 saturated heterocycles. The second-order valence-corrected chi connectivity index (χ2v) is 6.67. The van der Waals surface area contributed by atoms with E-state index in [1.54, 1.807) is 22.5 Å². The van der Waals surface area contributed by atoms with Crippen LogP contribution in [0.3, 0.4) is 0 Å². The molecule has 1 fully saturated rings. The van der Waals surface area contributed by atoms with Gasteiger partial charge in [-0.05, 0) is 25.8 Å². The molecular formula is C16H18N4O3S. The summed E-state index contributed by atoms with van der Waals surface area (Å²) in [6.45, 7) is 2.43. The van der Waals surface area contributed by atoms with Crippen LogP contribution in [0.1, 0.15) is 40.6 Å². The summed E-state index contributed by atoms with van der Waals surface area (Å²) in [7, 11) is 0. The van der Waals surface area contributed by atoms with Gasteiger partial charge in [0.05, 0.1) is 5.92 Å². The maximum absolute atomic E-state index is 12.6. The van der Waals surface area contributed by atoms with Gasteiger partial charge in [0.2, 0.25) is 5.91 Å². The zero-order valence-corrected chi connectivity index (χ0v) is 14.1. The summed E-state index contributed by atoms with van der Waals surface area (Å²) in [6.07, 6.45) is 4.67. The molecule has 0 radical (unpaired) electrons. The molecule has 0 spiro atoms. The second kappa shape index (κ2) is 6.96. The first kappa shape index (κ1) is 16.4. The van der Waals surface area contributed by atoms with Crippen LogP contribution in [0.4, 0.5) is 5.13 Å². The summed E-state index contributed by atoms with van der Waals surface area (Å²) in [5.41, 5.74) is 0.856. The molecule has 2 aromatic rings. The number of aromatic amines is 1. The average Bonchev–Trinajstić information content (AvgIpc) is 3.26. The Morgan fingerprint density at radius 2 is 2.25 bits per heavy atom. The van der Waals surface area contributed by atoms with E-state index in [0.717, 1.165) is 12.8 Å². The summed E-state index contributed by atoms with van der Waals surface area (Å²) < 4.78 is 0. The van der Waals surface area contributed by atoms with Crippen LogP contribution >= 0.6 is 11.3 Å². The first-order valence-electron chi connectivity index (χ1n) is 7.73. The van der Waals surface area contributed by atoms with Crippen LogP contribution < -0.4 is 5.32 Å². The van der Waals surface area contributed by atoms with Gasteiger partial charge < -0.3 is 15.2 Å². The van der Waals surface area contributed by atoms with E-state index in [1.807, 2.05) is 0 Å². The van der Waals surface area contributed by atoms with Crippen LogP contribution in [0, 0.1) is 5.92 Å². The van der Waals surface area contributed by atoms with E-state index < -0.39 is 0 Å². The molecule has 0 aromatic carbocycles. The maximum Gasteiger partial charge on any atom is 0.270 e. The molecule has 8 heteroatoms. The van der Waals surface area contributed by atoms with Crippen molar-refractivity contribution in [2.75, 3.05) is 18.4 Å². The van der Waals surface area contributed by atoms with Crippen molar-refractivity contribution < 1.29 is 14.4 Å². The molecule has 0 bridgehead atoms. The lowest BCUT2D eigenvalue weighted by Crippen LogP contribution is -2.43. The van der Waals surface area contributed by atoms with Gasteiger partial charge in [0, 0.05) is 36.4 Å². The molecule has 126 valence electrons. The van der Waals surface area contributed by atoms with Crippen LogP contribution in [0.5, 0.6) is 0 Å². The van der Waals surface area contributed by atoms with E-state index in [1.165, 1.54) is 24.5 Å². The normalized spacial score (nSPS) is 17.5. The number of nitrogens with zero attached hydrogens (tertiary/aromatic N) is 2. The van der Waals surface area contributed by atoms with Gasteiger partial charge in [-0.2, -0.15) is 0 Å². The number of piperidine rings is 1. The zero-order valence-electron chi connectivity index (χ0n) is 13.2. The predicted octanol–water partition coefficient (Wildman–Crippen LogP) is 2.16. The summed E-state index contributed by atoms with van der Waals surface area (Å²) >= 11 is 1.36. The SMILES string of the molecule is CC(=O)c1c[nH]c(C(=O)N2CCC[C@@H](C(=O)Nc3nccs3)C2)c1. The van der Waals surface area contributed by atoms with Crippen molar-refractivity contribution >= 4 is 34.1 Å². The first-order valence-corrected chi connectivity index (χ1v) is 8.61. The van der Waals surface area contributed by atoms with Crippen molar-refractivity contribution in [2.24, 2.45) is 5.92 Å². The molecular weight excluding hydrogens is 328 g/mol. The van der Waals surface area contributed by atoms with E-state index in [2.05, 4.69) is 15.3 Å². The molecule has 0 unspecified atom stereocenters. The topological polar surface area (TPSA) is 95.2 Å². The number of rotatable bonds is 4. The lowest BCUT2D eigenvalue weighted by molar-refractivity contribution is -0.121. The Kier molecular flexibility index (Phi) is 4.75. The van der Waals surface area contributed by atoms with Crippen molar-refractivity contribution in [2.45, 2.75) is 19.8 Å². The molecule has 1 aliphatic heterocycles. The third-order valence-electron chi connectivity index (χ3n) is 4.06. The Hall–Kier alpha value is -2.48. The highest BCUT2D eigenvalue weighted by Crippen LogP contribution is 2.21. The summed E-state index contributed by atoms with van der Waals surface area (Å²) in [6, 6.07) is 1.56. The second-order valence-electron chi connectivity index (χ2n) is 5.78. The molecule has 1 aliphatic rings. The smallest absolute Gasteiger partial charge is 0.270 e. The van der Waals surface area contributed by atoms with Crippen LogP contribution in [-0.2, 0) is 4.79 Å². The van der Waals surface area contributed by atoms with Crippen molar-refractivity contribution in [3.05, 3.63) is 35.1 Å². The molecule has 2 N–H and O–H groups in total. The standard InChI is InChI=1S/C16H18N4O3S/c1-10(21)12-7-13(18-8-12)15(23)20-5-2-3-11(9-20)14(22)19-16-17-4-6-24-16/h4,6-8,11,18H,2-3,5,9H2,1H3,(H,17,19,22)/t11-/m1/s1. The Balaban J connectivity index is 1.64. The van der Waals surface area contributed by atoms with Crippen LogP contribution in [0.25, 0.3) is 0 Å². The maximum atomic E-state index is 12.6. The number of carbonyl (C=O) groups is 3. The number of Topliss-reactive ketones (excluding diaryl/α,β-unsaturated/α-hetero) is 1. The Labute approximate surface area is 143 Å². The summed E-state index contributed by atoms with van der Waals surface area (Å²) in [5.74, 6) is -0.647. The lowest BCUT2D eigenvalue weighted by atomic mass is 9.97. The fourth-order valence-electron chi connectivity index (χ4n) is 2.76. The van der Waals surface area contributed by atoms with Crippen LogP contribution in [-0.4, -0.2) is 45.6 Å². The monoisotopic (exact) mass is 346 g/mol. The number of hydrogen-bond donors (Lipinski definition) is 2. The summed E-state index contributed by atoms with van der Waals surface area (Å²) in [5, 5.41) is 5.15. The molecule has 2 aromatic heterocycles. The number of nitrogens with one attached hydrogen (secondary N) is 2. The largest absolute Gasteiger partial charge is 0.356 e. The summed E-state index contributed by atoms with van der Waals surface area (Å²) in [4.78, 5) is 44.8. The lowest BCUT2D eigenvalue weighted by Gasteiger charge is -2.31. The Morgan fingerprint density at radius 3 is 2.92 bits per heavy atom. The Morgan fingerprint density at radius 1 is 1.42 bits per heavy atom. The highest BCUT2D eigenvalue weighted by molar-refractivity contribution is 7.13. The number of thiazole rings is 1. The van der Waals surface area contributed by atoms with E-state index in [-0.39, 0.29) is 23.5 Å². The van der Waals surface area contributed by atoms with Crippen molar-refractivity contribution in [3.8, 4) is 0 Å². The molecule has 3 heterocycles. The predicted molar refractivity (Wildman–Crippen MR) is 90.2 cm³/mol. The van der Waals surface area contributed by atoms with E-state index in [9.17, 15) is 14.4 Å². The van der Waals surface area contributed by atoms with E-state index in [0.29, 0.717) is 29.5 Å². The van der Waals surface area contributed by atoms with Crippen molar-refractivity contribution in [3.63, 3.8) is 0 Å². The van der Waals surface area contributed by atoms with Gasteiger partial charge in [-0.3, -0.25) is 14.4 Å². The fourth-order valence-corrected chi connectivity index (χ4v) is 3.29. The minimum Gasteiger partial charge on any atom is -0.356 e. The van der Waals surface area contributed by atoms with Crippen LogP contribution in [0.15, 0.2) is 23.8 Å². The third kappa shape index (κ3) is 3.53. The molecule has 3 rings (SSSR count). The minimum atomic E-state index is -0.256. The molecule has 24 heavy (non-hydrogen) atoms. The van der Waals surface area contributed by atoms with Crippen molar-refractivity contribution in [1.82, 2.24) is 14.9 Å². The number of aromatic nitrogens is 2. The Bertz CT molecular complexity index is 753. The highest BCUT2D eigenvalue weighted by atomic mass is 32.1. The fraction of sp³-hybridized carbons (Fsp3) is 0.375. The number of carbonyl (C=O) groups excluding carboxylic acids is 3. The molecule has 7 nitrogen and oxygen atoms in total. The number of H-pyrrole nitrogens is 1. The van der Waals surface area contributed by atoms with E-state index >= 15 is 0 Å².